The van der Waals surface area contributed by atoms with Gasteiger partial charge in [-0.05, 0) is 37.5 Å². The number of benzene rings is 1. The number of nitriles is 1. The van der Waals surface area contributed by atoms with Crippen molar-refractivity contribution in [3.63, 3.8) is 0 Å². The standard InChI is InChI=1S/C13H15FN2O2S/c1-19(17,18)13-4-2-3-12(13)16-10-5-6-11(14)9(7-10)8-15/h5-7,12-13,16H,2-4H2,1H3. The van der Waals surface area contributed by atoms with E-state index < -0.39 is 20.9 Å². The Morgan fingerprint density at radius 3 is 2.79 bits per heavy atom. The molecule has 102 valence electrons. The largest absolute Gasteiger partial charge is 0.381 e. The van der Waals surface area contributed by atoms with Gasteiger partial charge in [-0.15, -0.1) is 0 Å². The summed E-state index contributed by atoms with van der Waals surface area (Å²) in [6.07, 6.45) is 3.49. The summed E-state index contributed by atoms with van der Waals surface area (Å²) in [6.45, 7) is 0. The molecule has 0 aromatic heterocycles. The van der Waals surface area contributed by atoms with Gasteiger partial charge in [-0.3, -0.25) is 0 Å². The van der Waals surface area contributed by atoms with Crippen molar-refractivity contribution in [3.8, 4) is 6.07 Å². The van der Waals surface area contributed by atoms with E-state index in [1.54, 1.807) is 6.07 Å². The summed E-state index contributed by atoms with van der Waals surface area (Å²) in [6, 6.07) is 5.74. The van der Waals surface area contributed by atoms with Crippen LogP contribution in [0.25, 0.3) is 0 Å². The number of rotatable bonds is 3. The van der Waals surface area contributed by atoms with E-state index >= 15 is 0 Å². The first-order valence-electron chi connectivity index (χ1n) is 6.07. The van der Waals surface area contributed by atoms with Crippen LogP contribution in [0.4, 0.5) is 10.1 Å². The van der Waals surface area contributed by atoms with Gasteiger partial charge in [-0.1, -0.05) is 0 Å². The van der Waals surface area contributed by atoms with Crippen LogP contribution in [0.3, 0.4) is 0 Å². The van der Waals surface area contributed by atoms with Gasteiger partial charge < -0.3 is 5.32 Å². The predicted molar refractivity (Wildman–Crippen MR) is 71.0 cm³/mol. The highest BCUT2D eigenvalue weighted by atomic mass is 32.2. The maximum absolute atomic E-state index is 13.2. The van der Waals surface area contributed by atoms with E-state index in [0.717, 1.165) is 12.8 Å². The van der Waals surface area contributed by atoms with Crippen molar-refractivity contribution in [3.05, 3.63) is 29.6 Å². The van der Waals surface area contributed by atoms with Crippen LogP contribution in [0.1, 0.15) is 24.8 Å². The third-order valence-electron chi connectivity index (χ3n) is 3.44. The Bertz CT molecular complexity index is 622. The molecule has 4 nitrogen and oxygen atoms in total. The molecule has 0 amide bonds. The van der Waals surface area contributed by atoms with Crippen LogP contribution >= 0.6 is 0 Å². The molecule has 1 aliphatic rings. The number of sulfone groups is 1. The fraction of sp³-hybridized carbons (Fsp3) is 0.462. The first-order chi connectivity index (χ1) is 8.91. The lowest BCUT2D eigenvalue weighted by atomic mass is 10.1. The Labute approximate surface area is 112 Å². The maximum atomic E-state index is 13.2. The molecule has 0 bridgehead atoms. The molecule has 1 aromatic carbocycles. The van der Waals surface area contributed by atoms with Gasteiger partial charge in [0.15, 0.2) is 9.84 Å². The minimum atomic E-state index is -3.10. The number of hydrogen-bond acceptors (Lipinski definition) is 4. The second-order valence-corrected chi connectivity index (χ2v) is 7.12. The highest BCUT2D eigenvalue weighted by Gasteiger charge is 2.34. The van der Waals surface area contributed by atoms with Crippen molar-refractivity contribution in [1.82, 2.24) is 0 Å². The summed E-state index contributed by atoms with van der Waals surface area (Å²) in [5.74, 6) is -0.570. The van der Waals surface area contributed by atoms with Crippen molar-refractivity contribution >= 4 is 15.5 Å². The Morgan fingerprint density at radius 1 is 1.42 bits per heavy atom. The molecule has 6 heteroatoms. The predicted octanol–water partition coefficient (Wildman–Crippen LogP) is 2.07. The van der Waals surface area contributed by atoms with Gasteiger partial charge in [0.05, 0.1) is 10.8 Å². The van der Waals surface area contributed by atoms with Crippen molar-refractivity contribution in [2.75, 3.05) is 11.6 Å². The van der Waals surface area contributed by atoms with E-state index in [0.29, 0.717) is 12.1 Å². The summed E-state index contributed by atoms with van der Waals surface area (Å²) in [5, 5.41) is 11.5. The Morgan fingerprint density at radius 2 is 2.16 bits per heavy atom. The summed E-state index contributed by atoms with van der Waals surface area (Å²) in [5.41, 5.74) is 0.539. The molecule has 1 saturated carbocycles. The lowest BCUT2D eigenvalue weighted by Gasteiger charge is -2.20. The summed E-state index contributed by atoms with van der Waals surface area (Å²) < 4.78 is 36.5. The van der Waals surface area contributed by atoms with Gasteiger partial charge >= 0.3 is 0 Å². The molecule has 0 aliphatic heterocycles. The van der Waals surface area contributed by atoms with E-state index in [1.807, 2.05) is 0 Å². The van der Waals surface area contributed by atoms with Gasteiger partial charge in [0.25, 0.3) is 0 Å². The number of halogens is 1. The lowest BCUT2D eigenvalue weighted by molar-refractivity contribution is 0.579. The van der Waals surface area contributed by atoms with Crippen LogP contribution in [0, 0.1) is 17.1 Å². The smallest absolute Gasteiger partial charge is 0.152 e. The van der Waals surface area contributed by atoms with E-state index in [2.05, 4.69) is 5.32 Å². The van der Waals surface area contributed by atoms with Crippen LogP contribution in [-0.4, -0.2) is 26.0 Å². The monoisotopic (exact) mass is 282 g/mol. The van der Waals surface area contributed by atoms with Gasteiger partial charge in [0.1, 0.15) is 11.9 Å². The molecule has 1 aromatic rings. The van der Waals surface area contributed by atoms with Gasteiger partial charge in [0.2, 0.25) is 0 Å². The van der Waals surface area contributed by atoms with Crippen molar-refractivity contribution < 1.29 is 12.8 Å². The molecule has 0 heterocycles. The minimum Gasteiger partial charge on any atom is -0.381 e. The molecule has 1 fully saturated rings. The van der Waals surface area contributed by atoms with Crippen molar-refractivity contribution in [2.24, 2.45) is 0 Å². The van der Waals surface area contributed by atoms with E-state index in [1.165, 1.54) is 24.5 Å². The lowest BCUT2D eigenvalue weighted by Crippen LogP contribution is -2.34. The molecule has 2 atom stereocenters. The number of anilines is 1. The molecule has 19 heavy (non-hydrogen) atoms. The summed E-state index contributed by atoms with van der Waals surface area (Å²) >= 11 is 0. The molecular formula is C13H15FN2O2S. The second-order valence-electron chi connectivity index (χ2n) is 4.86. The zero-order valence-electron chi connectivity index (χ0n) is 10.6. The van der Waals surface area contributed by atoms with Crippen LogP contribution in [0.15, 0.2) is 18.2 Å². The third kappa shape index (κ3) is 3.04. The molecular weight excluding hydrogens is 267 g/mol. The molecule has 1 aliphatic carbocycles. The first-order valence-corrected chi connectivity index (χ1v) is 8.02. The van der Waals surface area contributed by atoms with Crippen molar-refractivity contribution in [2.45, 2.75) is 30.6 Å². The topological polar surface area (TPSA) is 70.0 Å². The van der Waals surface area contributed by atoms with E-state index in [4.69, 9.17) is 5.26 Å². The molecule has 1 N–H and O–H groups in total. The zero-order chi connectivity index (χ0) is 14.0. The maximum Gasteiger partial charge on any atom is 0.152 e. The molecule has 0 spiro atoms. The van der Waals surface area contributed by atoms with E-state index in [9.17, 15) is 12.8 Å². The van der Waals surface area contributed by atoms with Crippen LogP contribution in [0.2, 0.25) is 0 Å². The second kappa shape index (κ2) is 5.17. The van der Waals surface area contributed by atoms with Crippen molar-refractivity contribution in [1.29, 1.82) is 5.26 Å². The highest BCUT2D eigenvalue weighted by Crippen LogP contribution is 2.28. The fourth-order valence-electron chi connectivity index (χ4n) is 2.52. The SMILES string of the molecule is CS(=O)(=O)C1CCCC1Nc1ccc(F)c(C#N)c1. The Kier molecular flexibility index (Phi) is 3.76. The van der Waals surface area contributed by atoms with Crippen LogP contribution in [0.5, 0.6) is 0 Å². The Hall–Kier alpha value is -1.61. The quantitative estimate of drug-likeness (QED) is 0.921. The summed E-state index contributed by atoms with van der Waals surface area (Å²) in [4.78, 5) is 0. The average molecular weight is 282 g/mol. The number of nitrogens with zero attached hydrogens (tertiary/aromatic N) is 1. The number of hydrogen-bond donors (Lipinski definition) is 1. The van der Waals surface area contributed by atoms with Crippen LogP contribution < -0.4 is 5.32 Å². The summed E-state index contributed by atoms with van der Waals surface area (Å²) in [7, 11) is -3.10. The highest BCUT2D eigenvalue weighted by molar-refractivity contribution is 7.91. The third-order valence-corrected chi connectivity index (χ3v) is 5.11. The van der Waals surface area contributed by atoms with E-state index in [-0.39, 0.29) is 11.6 Å². The van der Waals surface area contributed by atoms with Crippen LogP contribution in [-0.2, 0) is 9.84 Å². The van der Waals surface area contributed by atoms with Gasteiger partial charge in [-0.25, -0.2) is 12.8 Å². The normalized spacial score (nSPS) is 23.0. The van der Waals surface area contributed by atoms with Gasteiger partial charge in [0, 0.05) is 18.0 Å². The fourth-order valence-corrected chi connectivity index (χ4v) is 3.91. The number of nitrogens with one attached hydrogen (secondary N) is 1. The van der Waals surface area contributed by atoms with Gasteiger partial charge in [-0.2, -0.15) is 5.26 Å². The first kappa shape index (κ1) is 13.8. The molecule has 0 radical (unpaired) electrons. The molecule has 2 unspecified atom stereocenters. The Balaban J connectivity index is 2.20. The zero-order valence-corrected chi connectivity index (χ0v) is 11.4. The molecule has 2 rings (SSSR count). The minimum absolute atomic E-state index is 0.0427. The molecule has 0 saturated heterocycles. The average Bonchev–Trinajstić information content (AvgIpc) is 2.79.